The van der Waals surface area contributed by atoms with Crippen molar-refractivity contribution in [2.24, 2.45) is 0 Å². The topological polar surface area (TPSA) is 105 Å². The van der Waals surface area contributed by atoms with Gasteiger partial charge in [0.25, 0.3) is 11.8 Å². The highest BCUT2D eigenvalue weighted by atomic mass is 32.1. The predicted molar refractivity (Wildman–Crippen MR) is 119 cm³/mol. The fourth-order valence-electron chi connectivity index (χ4n) is 2.75. The number of para-hydroxylation sites is 1. The molecule has 0 aliphatic carbocycles. The van der Waals surface area contributed by atoms with Crippen molar-refractivity contribution in [1.29, 1.82) is 0 Å². The largest absolute Gasteiger partial charge is 0.456 e. The number of anilines is 1. The number of likely N-dealkylation sites (N-methyl/N-ethyl adjacent to an activating group) is 1. The van der Waals surface area contributed by atoms with Crippen molar-refractivity contribution in [2.45, 2.75) is 26.7 Å². The summed E-state index contributed by atoms with van der Waals surface area (Å²) >= 11 is 1.43. The monoisotopic (exact) mass is 445 g/mol. The molecule has 166 valence electrons. The summed E-state index contributed by atoms with van der Waals surface area (Å²) in [4.78, 5) is 49.2. The van der Waals surface area contributed by atoms with Gasteiger partial charge in [0.15, 0.2) is 6.61 Å². The number of hydrogen-bond donors (Lipinski definition) is 2. The SMILES string of the molecule is Cc1cccc(C)c1NC(=O)CN(C)C(=O)COC(=O)CCCNC(=O)c1ccsc1. The van der Waals surface area contributed by atoms with E-state index in [0.29, 0.717) is 18.5 Å². The molecule has 3 amide bonds. The minimum Gasteiger partial charge on any atom is -0.456 e. The molecule has 0 radical (unpaired) electrons. The summed E-state index contributed by atoms with van der Waals surface area (Å²) < 4.78 is 4.97. The van der Waals surface area contributed by atoms with Crippen molar-refractivity contribution in [2.75, 3.05) is 32.1 Å². The number of thiophene rings is 1. The van der Waals surface area contributed by atoms with Gasteiger partial charge in [-0.2, -0.15) is 11.3 Å². The van der Waals surface area contributed by atoms with Crippen molar-refractivity contribution in [3.63, 3.8) is 0 Å². The second-order valence-electron chi connectivity index (χ2n) is 7.10. The number of esters is 1. The van der Waals surface area contributed by atoms with Crippen molar-refractivity contribution >= 4 is 40.7 Å². The lowest BCUT2D eigenvalue weighted by Crippen LogP contribution is -2.37. The quantitative estimate of drug-likeness (QED) is 0.432. The molecule has 2 aromatic rings. The summed E-state index contributed by atoms with van der Waals surface area (Å²) in [7, 11) is 1.47. The molecule has 0 bridgehead atoms. The lowest BCUT2D eigenvalue weighted by atomic mass is 10.1. The zero-order chi connectivity index (χ0) is 22.8. The minimum atomic E-state index is -0.536. The third-order valence-corrected chi connectivity index (χ3v) is 5.22. The fraction of sp³-hybridized carbons (Fsp3) is 0.364. The second-order valence-corrected chi connectivity index (χ2v) is 7.88. The zero-order valence-corrected chi connectivity index (χ0v) is 18.7. The number of rotatable bonds is 10. The van der Waals surface area contributed by atoms with Crippen LogP contribution in [0.2, 0.25) is 0 Å². The summed E-state index contributed by atoms with van der Waals surface area (Å²) in [6, 6.07) is 7.41. The first-order valence-electron chi connectivity index (χ1n) is 9.84. The molecule has 1 aromatic carbocycles. The summed E-state index contributed by atoms with van der Waals surface area (Å²) in [6.45, 7) is 3.52. The second kappa shape index (κ2) is 11.8. The van der Waals surface area contributed by atoms with E-state index in [2.05, 4.69) is 10.6 Å². The van der Waals surface area contributed by atoms with Crippen LogP contribution >= 0.6 is 11.3 Å². The van der Waals surface area contributed by atoms with Crippen LogP contribution in [0.15, 0.2) is 35.0 Å². The Morgan fingerprint density at radius 1 is 1.10 bits per heavy atom. The maximum absolute atomic E-state index is 12.2. The van der Waals surface area contributed by atoms with E-state index in [1.807, 2.05) is 37.4 Å². The first-order chi connectivity index (χ1) is 14.8. The van der Waals surface area contributed by atoms with Gasteiger partial charge in [0.1, 0.15) is 0 Å². The highest BCUT2D eigenvalue weighted by Gasteiger charge is 2.16. The molecule has 0 fully saturated rings. The lowest BCUT2D eigenvalue weighted by molar-refractivity contribution is -0.151. The first-order valence-corrected chi connectivity index (χ1v) is 10.8. The Hall–Kier alpha value is -3.20. The van der Waals surface area contributed by atoms with Gasteiger partial charge in [0, 0.05) is 36.6 Å². The van der Waals surface area contributed by atoms with Gasteiger partial charge in [-0.3, -0.25) is 19.2 Å². The molecule has 31 heavy (non-hydrogen) atoms. The van der Waals surface area contributed by atoms with E-state index >= 15 is 0 Å². The molecule has 8 nitrogen and oxygen atoms in total. The number of benzene rings is 1. The molecule has 0 atom stereocenters. The number of nitrogens with zero attached hydrogens (tertiary/aromatic N) is 1. The molecule has 0 unspecified atom stereocenters. The van der Waals surface area contributed by atoms with Gasteiger partial charge >= 0.3 is 5.97 Å². The normalized spacial score (nSPS) is 10.3. The van der Waals surface area contributed by atoms with Crippen LogP contribution in [0.25, 0.3) is 0 Å². The van der Waals surface area contributed by atoms with Crippen LogP contribution in [-0.4, -0.2) is 55.3 Å². The molecule has 2 rings (SSSR count). The highest BCUT2D eigenvalue weighted by Crippen LogP contribution is 2.19. The Labute approximate surface area is 185 Å². The van der Waals surface area contributed by atoms with E-state index in [1.54, 1.807) is 11.4 Å². The minimum absolute atomic E-state index is 0.0773. The molecule has 2 N–H and O–H groups in total. The fourth-order valence-corrected chi connectivity index (χ4v) is 3.39. The van der Waals surface area contributed by atoms with Gasteiger partial charge in [-0.25, -0.2) is 0 Å². The highest BCUT2D eigenvalue weighted by molar-refractivity contribution is 7.08. The Morgan fingerprint density at radius 2 is 1.81 bits per heavy atom. The third kappa shape index (κ3) is 7.86. The summed E-state index contributed by atoms with van der Waals surface area (Å²) in [5, 5.41) is 9.08. The Bertz CT molecular complexity index is 907. The average Bonchev–Trinajstić information content (AvgIpc) is 3.27. The molecule has 0 aliphatic rings. The predicted octanol–water partition coefficient (Wildman–Crippen LogP) is 2.52. The smallest absolute Gasteiger partial charge is 0.306 e. The number of hydrogen-bond acceptors (Lipinski definition) is 6. The molecule has 0 spiro atoms. The number of carbonyl (C=O) groups is 4. The van der Waals surface area contributed by atoms with Gasteiger partial charge in [0.05, 0.1) is 6.54 Å². The Morgan fingerprint density at radius 3 is 2.45 bits per heavy atom. The average molecular weight is 446 g/mol. The Kier molecular flexibility index (Phi) is 9.20. The molecule has 1 aromatic heterocycles. The van der Waals surface area contributed by atoms with Crippen molar-refractivity contribution in [3.8, 4) is 0 Å². The zero-order valence-electron chi connectivity index (χ0n) is 17.9. The molecular formula is C22H27N3O5S. The lowest BCUT2D eigenvalue weighted by Gasteiger charge is -2.18. The first kappa shape index (κ1) is 24.1. The van der Waals surface area contributed by atoms with Crippen molar-refractivity contribution < 1.29 is 23.9 Å². The van der Waals surface area contributed by atoms with E-state index in [1.165, 1.54) is 23.3 Å². The summed E-state index contributed by atoms with van der Waals surface area (Å²) in [5.74, 6) is -1.53. The molecular weight excluding hydrogens is 418 g/mol. The van der Waals surface area contributed by atoms with Crippen LogP contribution in [-0.2, 0) is 19.1 Å². The van der Waals surface area contributed by atoms with E-state index in [-0.39, 0.29) is 24.8 Å². The number of carbonyl (C=O) groups excluding carboxylic acids is 4. The number of aryl methyl sites for hydroxylation is 2. The standard InChI is InChI=1S/C22H27N3O5S/c1-15-6-4-7-16(2)21(15)24-18(26)12-25(3)19(27)13-30-20(28)8-5-10-23-22(29)17-9-11-31-14-17/h4,6-7,9,11,14H,5,8,10,12-13H2,1-3H3,(H,23,29)(H,24,26). The van der Waals surface area contributed by atoms with E-state index in [4.69, 9.17) is 4.74 Å². The Balaban J connectivity index is 1.64. The van der Waals surface area contributed by atoms with Gasteiger partial charge in [-0.15, -0.1) is 0 Å². The molecule has 1 heterocycles. The molecule has 0 aliphatic heterocycles. The van der Waals surface area contributed by atoms with E-state index < -0.39 is 18.5 Å². The molecule has 0 saturated heterocycles. The third-order valence-electron chi connectivity index (χ3n) is 4.54. The van der Waals surface area contributed by atoms with Crippen LogP contribution < -0.4 is 10.6 Å². The van der Waals surface area contributed by atoms with Gasteiger partial charge in [0.2, 0.25) is 5.91 Å². The summed E-state index contributed by atoms with van der Waals surface area (Å²) in [5.41, 5.74) is 3.18. The van der Waals surface area contributed by atoms with E-state index in [9.17, 15) is 19.2 Å². The van der Waals surface area contributed by atoms with E-state index in [0.717, 1.165) is 16.8 Å². The summed E-state index contributed by atoms with van der Waals surface area (Å²) in [6.07, 6.45) is 0.477. The van der Waals surface area contributed by atoms with Crippen LogP contribution in [0.3, 0.4) is 0 Å². The van der Waals surface area contributed by atoms with Gasteiger partial charge in [-0.1, -0.05) is 18.2 Å². The maximum atomic E-state index is 12.2. The van der Waals surface area contributed by atoms with Crippen LogP contribution in [0.1, 0.15) is 34.3 Å². The van der Waals surface area contributed by atoms with Gasteiger partial charge in [-0.05, 0) is 42.8 Å². The van der Waals surface area contributed by atoms with Crippen molar-refractivity contribution in [1.82, 2.24) is 10.2 Å². The van der Waals surface area contributed by atoms with Crippen LogP contribution in [0.5, 0.6) is 0 Å². The van der Waals surface area contributed by atoms with Crippen molar-refractivity contribution in [3.05, 3.63) is 51.7 Å². The number of amides is 3. The molecule has 0 saturated carbocycles. The number of ether oxygens (including phenoxy) is 1. The maximum Gasteiger partial charge on any atom is 0.306 e. The number of nitrogens with one attached hydrogen (secondary N) is 2. The van der Waals surface area contributed by atoms with Crippen LogP contribution in [0, 0.1) is 13.8 Å². The van der Waals surface area contributed by atoms with Crippen LogP contribution in [0.4, 0.5) is 5.69 Å². The van der Waals surface area contributed by atoms with Gasteiger partial charge < -0.3 is 20.3 Å². The molecule has 9 heteroatoms.